The minimum atomic E-state index is -0.0915. The highest BCUT2D eigenvalue weighted by molar-refractivity contribution is 5.93. The number of rotatable bonds is 5. The van der Waals surface area contributed by atoms with Crippen LogP contribution < -0.4 is 5.32 Å². The first-order valence-corrected chi connectivity index (χ1v) is 8.83. The van der Waals surface area contributed by atoms with Gasteiger partial charge >= 0.3 is 0 Å². The maximum Gasteiger partial charge on any atom is 0.252 e. The number of amides is 1. The molecule has 1 N–H and O–H groups in total. The Balaban J connectivity index is 1.32. The van der Waals surface area contributed by atoms with Gasteiger partial charge in [-0.25, -0.2) is 0 Å². The van der Waals surface area contributed by atoms with Crippen LogP contribution in [0.1, 0.15) is 22.3 Å². The lowest BCUT2D eigenvalue weighted by Crippen LogP contribution is -2.45. The van der Waals surface area contributed by atoms with Crippen LogP contribution in [-0.4, -0.2) is 48.1 Å². The summed E-state index contributed by atoms with van der Waals surface area (Å²) in [5, 5.41) is 3.00. The van der Waals surface area contributed by atoms with E-state index in [1.165, 1.54) is 5.56 Å². The van der Waals surface area contributed by atoms with Crippen LogP contribution in [0.2, 0.25) is 0 Å². The van der Waals surface area contributed by atoms with Crippen molar-refractivity contribution in [3.05, 3.63) is 54.2 Å². The molecule has 0 saturated carbocycles. The maximum atomic E-state index is 12.2. The second kappa shape index (κ2) is 7.37. The minimum absolute atomic E-state index is 0.0813. The topological polar surface area (TPSA) is 67.6 Å². The maximum absolute atomic E-state index is 12.2. The van der Waals surface area contributed by atoms with Gasteiger partial charge in [-0.2, -0.15) is 0 Å². The molecule has 2 aromatic heterocycles. The van der Waals surface area contributed by atoms with E-state index in [4.69, 9.17) is 9.15 Å². The first-order valence-electron chi connectivity index (χ1n) is 8.83. The summed E-state index contributed by atoms with van der Waals surface area (Å²) in [7, 11) is 0. The van der Waals surface area contributed by atoms with Crippen molar-refractivity contribution in [1.82, 2.24) is 15.2 Å². The van der Waals surface area contributed by atoms with Crippen LogP contribution in [0.25, 0.3) is 0 Å². The molecule has 4 rings (SSSR count). The fourth-order valence-corrected chi connectivity index (χ4v) is 3.89. The van der Waals surface area contributed by atoms with Gasteiger partial charge in [0.25, 0.3) is 5.91 Å². The molecule has 0 radical (unpaired) electrons. The molecule has 3 atom stereocenters. The van der Waals surface area contributed by atoms with E-state index in [2.05, 4.69) is 15.2 Å². The smallest absolute Gasteiger partial charge is 0.252 e. The zero-order valence-corrected chi connectivity index (χ0v) is 14.1. The standard InChI is InChI=1S/C19H23N3O3/c23-19(15-2-1-5-20-8-15)21-9-18-17-11-22(6-3-16(17)13-25-18)10-14-4-7-24-12-14/h1-2,4-5,7-8,12,16-18H,3,6,9-11,13H2,(H,21,23)/t16-,17-,18+/m1/s1. The van der Waals surface area contributed by atoms with Crippen molar-refractivity contribution in [3.63, 3.8) is 0 Å². The van der Waals surface area contributed by atoms with Crippen LogP contribution in [-0.2, 0) is 11.3 Å². The summed E-state index contributed by atoms with van der Waals surface area (Å²) in [5.74, 6) is 0.974. The average molecular weight is 341 g/mol. The molecule has 0 aliphatic carbocycles. The largest absolute Gasteiger partial charge is 0.472 e. The van der Waals surface area contributed by atoms with E-state index >= 15 is 0 Å². The molecule has 25 heavy (non-hydrogen) atoms. The molecule has 2 aliphatic rings. The van der Waals surface area contributed by atoms with Crippen LogP contribution in [0.15, 0.2) is 47.5 Å². The Morgan fingerprint density at radius 1 is 1.40 bits per heavy atom. The van der Waals surface area contributed by atoms with Crippen LogP contribution >= 0.6 is 0 Å². The lowest BCUT2D eigenvalue weighted by molar-refractivity contribution is 0.0677. The fraction of sp³-hybridized carbons (Fsp3) is 0.474. The van der Waals surface area contributed by atoms with Crippen molar-refractivity contribution in [1.29, 1.82) is 0 Å². The van der Waals surface area contributed by atoms with Crippen molar-refractivity contribution in [3.8, 4) is 0 Å². The van der Waals surface area contributed by atoms with Gasteiger partial charge in [-0.15, -0.1) is 0 Å². The Morgan fingerprint density at radius 3 is 3.16 bits per heavy atom. The number of pyridine rings is 1. The number of nitrogens with one attached hydrogen (secondary N) is 1. The zero-order valence-electron chi connectivity index (χ0n) is 14.1. The zero-order chi connectivity index (χ0) is 17.1. The number of nitrogens with zero attached hydrogens (tertiary/aromatic N) is 2. The molecule has 132 valence electrons. The van der Waals surface area contributed by atoms with E-state index in [9.17, 15) is 4.79 Å². The average Bonchev–Trinajstić information content (AvgIpc) is 3.30. The Morgan fingerprint density at radius 2 is 2.36 bits per heavy atom. The molecular formula is C19H23N3O3. The van der Waals surface area contributed by atoms with Gasteiger partial charge in [0.1, 0.15) is 0 Å². The van der Waals surface area contributed by atoms with Gasteiger partial charge in [0.05, 0.1) is 30.8 Å². The number of fused-ring (bicyclic) bond motifs is 1. The third kappa shape index (κ3) is 3.75. The van der Waals surface area contributed by atoms with Gasteiger partial charge in [0.2, 0.25) is 0 Å². The van der Waals surface area contributed by atoms with Gasteiger partial charge < -0.3 is 14.5 Å². The van der Waals surface area contributed by atoms with Crippen molar-refractivity contribution in [2.45, 2.75) is 19.1 Å². The van der Waals surface area contributed by atoms with Gasteiger partial charge in [-0.05, 0) is 37.1 Å². The predicted molar refractivity (Wildman–Crippen MR) is 91.9 cm³/mol. The third-order valence-electron chi connectivity index (χ3n) is 5.27. The summed E-state index contributed by atoms with van der Waals surface area (Å²) in [6.07, 6.45) is 8.01. The van der Waals surface area contributed by atoms with Gasteiger partial charge in [0, 0.05) is 43.5 Å². The van der Waals surface area contributed by atoms with E-state index in [0.717, 1.165) is 32.7 Å². The quantitative estimate of drug-likeness (QED) is 0.900. The number of carbonyl (C=O) groups excluding carboxylic acids is 1. The Hall–Kier alpha value is -2.18. The lowest BCUT2D eigenvalue weighted by Gasteiger charge is -2.35. The molecule has 0 bridgehead atoms. The predicted octanol–water partition coefficient (Wildman–Crippen LogP) is 1.94. The molecular weight excluding hydrogens is 318 g/mol. The number of hydrogen-bond acceptors (Lipinski definition) is 5. The number of furan rings is 1. The molecule has 0 spiro atoms. The molecule has 6 heteroatoms. The number of carbonyl (C=O) groups is 1. The second-order valence-corrected chi connectivity index (χ2v) is 6.90. The highest BCUT2D eigenvalue weighted by atomic mass is 16.5. The van der Waals surface area contributed by atoms with Crippen LogP contribution in [0.4, 0.5) is 0 Å². The van der Waals surface area contributed by atoms with Crippen molar-refractivity contribution in [2.24, 2.45) is 11.8 Å². The normalized spacial score (nSPS) is 26.3. The molecule has 2 saturated heterocycles. The van der Waals surface area contributed by atoms with Gasteiger partial charge in [0.15, 0.2) is 0 Å². The summed E-state index contributed by atoms with van der Waals surface area (Å²) >= 11 is 0. The van der Waals surface area contributed by atoms with E-state index in [1.54, 1.807) is 30.8 Å². The minimum Gasteiger partial charge on any atom is -0.472 e. The van der Waals surface area contributed by atoms with E-state index in [1.807, 2.05) is 12.3 Å². The lowest BCUT2D eigenvalue weighted by atomic mass is 9.84. The number of likely N-dealkylation sites (tertiary alicyclic amines) is 1. The highest BCUT2D eigenvalue weighted by Crippen LogP contribution is 2.34. The molecule has 2 aliphatic heterocycles. The first-order chi connectivity index (χ1) is 12.3. The highest BCUT2D eigenvalue weighted by Gasteiger charge is 2.40. The van der Waals surface area contributed by atoms with Crippen LogP contribution in [0.5, 0.6) is 0 Å². The SMILES string of the molecule is O=C(NC[C@@H]1OC[C@H]2CCN(Cc3ccoc3)C[C@H]21)c1cccnc1. The van der Waals surface area contributed by atoms with E-state index < -0.39 is 0 Å². The summed E-state index contributed by atoms with van der Waals surface area (Å²) in [5.41, 5.74) is 1.79. The monoisotopic (exact) mass is 341 g/mol. The summed E-state index contributed by atoms with van der Waals surface area (Å²) in [4.78, 5) is 18.7. The third-order valence-corrected chi connectivity index (χ3v) is 5.27. The Kier molecular flexibility index (Phi) is 4.81. The van der Waals surface area contributed by atoms with Gasteiger partial charge in [-0.1, -0.05) is 0 Å². The summed E-state index contributed by atoms with van der Waals surface area (Å²) in [6.45, 7) is 4.36. The van der Waals surface area contributed by atoms with Crippen LogP contribution in [0.3, 0.4) is 0 Å². The Labute approximate surface area is 147 Å². The van der Waals surface area contributed by atoms with Crippen molar-refractivity contribution >= 4 is 5.91 Å². The molecule has 0 unspecified atom stereocenters. The molecule has 4 heterocycles. The van der Waals surface area contributed by atoms with Gasteiger partial charge in [-0.3, -0.25) is 14.7 Å². The van der Waals surface area contributed by atoms with Crippen LogP contribution in [0, 0.1) is 11.8 Å². The molecule has 2 fully saturated rings. The molecule has 6 nitrogen and oxygen atoms in total. The molecule has 2 aromatic rings. The van der Waals surface area contributed by atoms with Crippen molar-refractivity contribution in [2.75, 3.05) is 26.2 Å². The number of piperidine rings is 1. The molecule has 1 amide bonds. The van der Waals surface area contributed by atoms with E-state index in [-0.39, 0.29) is 12.0 Å². The Bertz CT molecular complexity index is 689. The molecule has 0 aromatic carbocycles. The first kappa shape index (κ1) is 16.3. The fourth-order valence-electron chi connectivity index (χ4n) is 3.89. The van der Waals surface area contributed by atoms with E-state index in [0.29, 0.717) is 23.9 Å². The van der Waals surface area contributed by atoms with Crippen molar-refractivity contribution < 1.29 is 13.9 Å². The number of ether oxygens (including phenoxy) is 1. The summed E-state index contributed by atoms with van der Waals surface area (Å²) < 4.78 is 11.2. The number of aromatic nitrogens is 1. The number of hydrogen-bond donors (Lipinski definition) is 1. The summed E-state index contributed by atoms with van der Waals surface area (Å²) in [6, 6.07) is 5.56. The second-order valence-electron chi connectivity index (χ2n) is 6.90.